The molecule has 0 saturated carbocycles. The second kappa shape index (κ2) is 6.67. The highest BCUT2D eigenvalue weighted by molar-refractivity contribution is 6.03. The number of nitrogens with zero attached hydrogens (tertiary/aromatic N) is 3. The number of esters is 1. The highest BCUT2D eigenvalue weighted by Gasteiger charge is 2.26. The van der Waals surface area contributed by atoms with E-state index in [1.165, 1.54) is 17.9 Å². The van der Waals surface area contributed by atoms with Gasteiger partial charge in [-0.2, -0.15) is 0 Å². The van der Waals surface area contributed by atoms with Crippen molar-refractivity contribution in [2.45, 2.75) is 20.0 Å². The molecule has 2 aromatic rings. The van der Waals surface area contributed by atoms with E-state index in [9.17, 15) is 14.4 Å². The molecule has 1 amide bonds. The zero-order chi connectivity index (χ0) is 18.1. The lowest BCUT2D eigenvalue weighted by Crippen LogP contribution is -2.46. The predicted octanol–water partition coefficient (Wildman–Crippen LogP) is 0.239. The van der Waals surface area contributed by atoms with Crippen LogP contribution in [-0.4, -0.2) is 58.7 Å². The van der Waals surface area contributed by atoms with Gasteiger partial charge in [0.25, 0.3) is 11.5 Å². The van der Waals surface area contributed by atoms with Crippen molar-refractivity contribution >= 4 is 23.0 Å². The second-order valence-corrected chi connectivity index (χ2v) is 5.97. The maximum atomic E-state index is 12.4. The summed E-state index contributed by atoms with van der Waals surface area (Å²) in [5.41, 5.74) is -0.338. The number of ether oxygens (including phenoxy) is 2. The van der Waals surface area contributed by atoms with Gasteiger partial charge in [0.1, 0.15) is 23.0 Å². The van der Waals surface area contributed by atoms with Gasteiger partial charge in [0, 0.05) is 20.1 Å². The number of furan rings is 1. The quantitative estimate of drug-likeness (QED) is 0.731. The molecule has 0 N–H and O–H groups in total. The molecule has 0 bridgehead atoms. The maximum Gasteiger partial charge on any atom is 0.343 e. The highest BCUT2D eigenvalue weighted by Crippen LogP contribution is 2.21. The Bertz CT molecular complexity index is 884. The number of amides is 1. The minimum Gasteiger partial charge on any atom is -0.452 e. The van der Waals surface area contributed by atoms with Gasteiger partial charge in [-0.1, -0.05) is 0 Å². The number of hydrogen-bond acceptors (Lipinski definition) is 7. The fourth-order valence-corrected chi connectivity index (χ4v) is 2.77. The van der Waals surface area contributed by atoms with E-state index in [2.05, 4.69) is 4.98 Å². The number of carbonyl (C=O) groups is 2. The Labute approximate surface area is 143 Å². The first-order chi connectivity index (χ1) is 11.9. The van der Waals surface area contributed by atoms with E-state index in [4.69, 9.17) is 13.9 Å². The smallest absolute Gasteiger partial charge is 0.343 e. The number of rotatable bonds is 3. The Kier molecular flexibility index (Phi) is 4.58. The Hall–Kier alpha value is -2.68. The normalized spacial score (nSPS) is 17.7. The Balaban J connectivity index is 1.77. The topological polar surface area (TPSA) is 104 Å². The molecule has 9 nitrogen and oxygen atoms in total. The second-order valence-electron chi connectivity index (χ2n) is 5.97. The van der Waals surface area contributed by atoms with Gasteiger partial charge in [0.05, 0.1) is 12.7 Å². The first-order valence-corrected chi connectivity index (χ1v) is 7.89. The van der Waals surface area contributed by atoms with Crippen molar-refractivity contribution in [3.63, 3.8) is 0 Å². The average Bonchev–Trinajstić information content (AvgIpc) is 2.92. The van der Waals surface area contributed by atoms with Gasteiger partial charge >= 0.3 is 5.97 Å². The monoisotopic (exact) mass is 349 g/mol. The Morgan fingerprint density at radius 3 is 2.92 bits per heavy atom. The van der Waals surface area contributed by atoms with Crippen LogP contribution in [0.25, 0.3) is 11.1 Å². The van der Waals surface area contributed by atoms with Crippen LogP contribution in [0, 0.1) is 6.92 Å². The molecule has 3 heterocycles. The van der Waals surface area contributed by atoms with Gasteiger partial charge in [-0.25, -0.2) is 9.78 Å². The van der Waals surface area contributed by atoms with Gasteiger partial charge < -0.3 is 23.4 Å². The van der Waals surface area contributed by atoms with Crippen LogP contribution in [0.15, 0.2) is 15.5 Å². The lowest BCUT2D eigenvalue weighted by molar-refractivity contribution is -0.141. The summed E-state index contributed by atoms with van der Waals surface area (Å²) in [6.07, 6.45) is 1.26. The molecule has 1 atom stereocenters. The predicted molar refractivity (Wildman–Crippen MR) is 86.3 cm³/mol. The summed E-state index contributed by atoms with van der Waals surface area (Å²) in [6, 6.07) is 0. The van der Waals surface area contributed by atoms with E-state index in [-0.39, 0.29) is 34.4 Å². The third kappa shape index (κ3) is 3.27. The number of fused-ring (bicyclic) bond motifs is 1. The number of aryl methyl sites for hydroxylation is 2. The van der Waals surface area contributed by atoms with Gasteiger partial charge in [0.15, 0.2) is 6.61 Å². The number of hydrogen-bond donors (Lipinski definition) is 0. The third-order valence-electron chi connectivity index (χ3n) is 4.07. The minimum absolute atomic E-state index is 0.00634. The Morgan fingerprint density at radius 1 is 1.44 bits per heavy atom. The third-order valence-corrected chi connectivity index (χ3v) is 4.07. The molecule has 3 rings (SSSR count). The van der Waals surface area contributed by atoms with Crippen LogP contribution in [0.3, 0.4) is 0 Å². The van der Waals surface area contributed by atoms with E-state index in [1.54, 1.807) is 11.8 Å². The summed E-state index contributed by atoms with van der Waals surface area (Å²) in [5.74, 6) is -0.862. The summed E-state index contributed by atoms with van der Waals surface area (Å²) in [5, 5.41) is 0.0555. The molecule has 0 aromatic carbocycles. The van der Waals surface area contributed by atoms with Gasteiger partial charge in [-0.3, -0.25) is 9.59 Å². The maximum absolute atomic E-state index is 12.4. The summed E-state index contributed by atoms with van der Waals surface area (Å²) in [4.78, 5) is 42.4. The fourth-order valence-electron chi connectivity index (χ4n) is 2.77. The Morgan fingerprint density at radius 2 is 2.20 bits per heavy atom. The van der Waals surface area contributed by atoms with Crippen molar-refractivity contribution in [1.29, 1.82) is 0 Å². The minimum atomic E-state index is -0.781. The molecule has 0 aliphatic carbocycles. The molecule has 1 aliphatic heterocycles. The van der Waals surface area contributed by atoms with Crippen LogP contribution in [0.1, 0.15) is 23.0 Å². The number of aromatic nitrogens is 2. The van der Waals surface area contributed by atoms with Crippen LogP contribution < -0.4 is 5.56 Å². The average molecular weight is 349 g/mol. The van der Waals surface area contributed by atoms with Crippen LogP contribution in [0.2, 0.25) is 0 Å². The molecule has 0 radical (unpaired) electrons. The van der Waals surface area contributed by atoms with Crippen molar-refractivity contribution in [3.05, 3.63) is 28.0 Å². The molecule has 1 unspecified atom stereocenters. The van der Waals surface area contributed by atoms with Crippen molar-refractivity contribution < 1.29 is 23.5 Å². The van der Waals surface area contributed by atoms with Crippen molar-refractivity contribution in [3.8, 4) is 0 Å². The molecular weight excluding hydrogens is 330 g/mol. The largest absolute Gasteiger partial charge is 0.452 e. The SMILES string of the molecule is Cc1oc2ncn(C)c(=O)c2c1C(=O)OCC(=O)N1CCOC(C)C1. The van der Waals surface area contributed by atoms with Crippen molar-refractivity contribution in [2.24, 2.45) is 7.05 Å². The molecule has 2 aromatic heterocycles. The van der Waals surface area contributed by atoms with Crippen LogP contribution >= 0.6 is 0 Å². The summed E-state index contributed by atoms with van der Waals surface area (Å²) >= 11 is 0. The highest BCUT2D eigenvalue weighted by atomic mass is 16.5. The summed E-state index contributed by atoms with van der Waals surface area (Å²) in [6.45, 7) is 4.37. The molecule has 9 heteroatoms. The lowest BCUT2D eigenvalue weighted by Gasteiger charge is -2.30. The van der Waals surface area contributed by atoms with Crippen LogP contribution in [-0.2, 0) is 21.3 Å². The zero-order valence-corrected chi connectivity index (χ0v) is 14.3. The molecule has 1 fully saturated rings. The van der Waals surface area contributed by atoms with Gasteiger partial charge in [0.2, 0.25) is 5.71 Å². The van der Waals surface area contributed by atoms with Crippen molar-refractivity contribution in [2.75, 3.05) is 26.3 Å². The molecular formula is C16H19N3O6. The zero-order valence-electron chi connectivity index (χ0n) is 14.3. The molecule has 1 aliphatic rings. The summed E-state index contributed by atoms with van der Waals surface area (Å²) < 4.78 is 17.1. The lowest BCUT2D eigenvalue weighted by atomic mass is 10.2. The number of carbonyl (C=O) groups excluding carboxylic acids is 2. The van der Waals surface area contributed by atoms with Crippen molar-refractivity contribution in [1.82, 2.24) is 14.5 Å². The fraction of sp³-hybridized carbons (Fsp3) is 0.500. The van der Waals surface area contributed by atoms with Crippen LogP contribution in [0.5, 0.6) is 0 Å². The molecule has 1 saturated heterocycles. The van der Waals surface area contributed by atoms with E-state index in [0.717, 1.165) is 0 Å². The van der Waals surface area contributed by atoms with Gasteiger partial charge in [-0.05, 0) is 13.8 Å². The van der Waals surface area contributed by atoms with Crippen LogP contribution in [0.4, 0.5) is 0 Å². The molecule has 25 heavy (non-hydrogen) atoms. The van der Waals surface area contributed by atoms with E-state index in [1.807, 2.05) is 6.92 Å². The molecule has 0 spiro atoms. The summed E-state index contributed by atoms with van der Waals surface area (Å²) in [7, 11) is 1.52. The first-order valence-electron chi connectivity index (χ1n) is 7.89. The standard InChI is InChI=1S/C16H19N3O6/c1-9-6-19(4-5-23-9)11(20)7-24-16(22)12-10(2)25-14-13(12)15(21)18(3)8-17-14/h8-9H,4-7H2,1-3H3. The van der Waals surface area contributed by atoms with E-state index in [0.29, 0.717) is 19.7 Å². The van der Waals surface area contributed by atoms with Gasteiger partial charge in [-0.15, -0.1) is 0 Å². The number of morpholine rings is 1. The van der Waals surface area contributed by atoms with E-state index < -0.39 is 18.1 Å². The van der Waals surface area contributed by atoms with E-state index >= 15 is 0 Å². The first kappa shape index (κ1) is 17.2. The molecule has 134 valence electrons.